The number of hydrogen-bond acceptors (Lipinski definition) is 8. The first-order chi connectivity index (χ1) is 11.8. The molecule has 0 saturated carbocycles. The highest BCUT2D eigenvalue weighted by molar-refractivity contribution is 8.07. The van der Waals surface area contributed by atoms with Crippen LogP contribution in [0.15, 0.2) is 12.7 Å². The Hall–Kier alpha value is -1.16. The molecule has 11 heteroatoms. The van der Waals surface area contributed by atoms with E-state index in [1.165, 1.54) is 6.33 Å². The number of rotatable bonds is 6. The van der Waals surface area contributed by atoms with Gasteiger partial charge in [0.15, 0.2) is 11.5 Å². The van der Waals surface area contributed by atoms with Crippen LogP contribution in [0.2, 0.25) is 0 Å². The van der Waals surface area contributed by atoms with Crippen LogP contribution in [-0.4, -0.2) is 42.7 Å². The van der Waals surface area contributed by atoms with Gasteiger partial charge in [-0.3, -0.25) is 4.57 Å². The minimum Gasteiger partial charge on any atom is -0.382 e. The number of aromatic nitrogens is 4. The largest absolute Gasteiger partial charge is 0.382 e. The van der Waals surface area contributed by atoms with Gasteiger partial charge in [-0.25, -0.2) is 15.0 Å². The zero-order valence-corrected chi connectivity index (χ0v) is 16.0. The van der Waals surface area contributed by atoms with Crippen molar-refractivity contribution in [1.29, 1.82) is 0 Å². The van der Waals surface area contributed by atoms with Crippen molar-refractivity contribution in [2.75, 3.05) is 5.73 Å². The molecule has 3 unspecified atom stereocenters. The molecular formula is C14H22N5O4PS. The Labute approximate surface area is 150 Å². The summed E-state index contributed by atoms with van der Waals surface area (Å²) in [5, 5.41) is 0. The fraction of sp³-hybridized carbons (Fsp3) is 0.643. The Morgan fingerprint density at radius 3 is 2.80 bits per heavy atom. The van der Waals surface area contributed by atoms with Gasteiger partial charge in [0.1, 0.15) is 18.1 Å². The van der Waals surface area contributed by atoms with Crippen LogP contribution >= 0.6 is 6.72 Å². The molecule has 1 aliphatic rings. The van der Waals surface area contributed by atoms with Gasteiger partial charge in [-0.05, 0) is 45.4 Å². The number of nitrogens with zero attached hydrogens (tertiary/aromatic N) is 4. The molecule has 0 aromatic carbocycles. The van der Waals surface area contributed by atoms with Gasteiger partial charge < -0.3 is 24.4 Å². The van der Waals surface area contributed by atoms with Crippen LogP contribution in [-0.2, 0) is 25.6 Å². The molecule has 2 aromatic heterocycles. The molecule has 3 N–H and O–H groups in total. The molecule has 1 aliphatic heterocycles. The summed E-state index contributed by atoms with van der Waals surface area (Å²) in [4.78, 5) is 22.5. The van der Waals surface area contributed by atoms with Crippen LogP contribution in [0.5, 0.6) is 0 Å². The first-order valence-electron chi connectivity index (χ1n) is 8.05. The van der Waals surface area contributed by atoms with Crippen LogP contribution in [0.1, 0.15) is 39.8 Å². The minimum atomic E-state index is -3.29. The summed E-state index contributed by atoms with van der Waals surface area (Å²) >= 11 is 5.04. The number of hydrogen-bond donors (Lipinski definition) is 2. The van der Waals surface area contributed by atoms with E-state index >= 15 is 0 Å². The molecule has 3 heterocycles. The predicted molar refractivity (Wildman–Crippen MR) is 96.2 cm³/mol. The van der Waals surface area contributed by atoms with Crippen molar-refractivity contribution in [2.24, 2.45) is 0 Å². The molecule has 0 radical (unpaired) electrons. The summed E-state index contributed by atoms with van der Waals surface area (Å²) in [6.45, 7) is 2.13. The van der Waals surface area contributed by atoms with Gasteiger partial charge in [0.05, 0.1) is 24.6 Å². The summed E-state index contributed by atoms with van der Waals surface area (Å²) in [6, 6.07) is 0. The summed E-state index contributed by atoms with van der Waals surface area (Å²) in [5.41, 5.74) is 6.99. The fourth-order valence-corrected chi connectivity index (χ4v) is 4.91. The third-order valence-corrected chi connectivity index (χ3v) is 5.70. The van der Waals surface area contributed by atoms with Gasteiger partial charge in [0, 0.05) is 0 Å². The van der Waals surface area contributed by atoms with Crippen molar-refractivity contribution in [3.05, 3.63) is 12.7 Å². The van der Waals surface area contributed by atoms with E-state index in [1.54, 1.807) is 20.2 Å². The minimum absolute atomic E-state index is 0.206. The van der Waals surface area contributed by atoms with E-state index in [0.717, 1.165) is 12.8 Å². The van der Waals surface area contributed by atoms with E-state index in [1.807, 2.05) is 11.5 Å². The average molecular weight is 387 g/mol. The molecule has 0 spiro atoms. The monoisotopic (exact) mass is 387 g/mol. The van der Waals surface area contributed by atoms with E-state index in [-0.39, 0.29) is 18.4 Å². The molecule has 1 fully saturated rings. The maximum atomic E-state index is 10.1. The van der Waals surface area contributed by atoms with Gasteiger partial charge >= 0.3 is 6.72 Å². The van der Waals surface area contributed by atoms with Gasteiger partial charge in [-0.1, -0.05) is 0 Å². The highest BCUT2D eigenvalue weighted by atomic mass is 32.5. The molecule has 9 nitrogen and oxygen atoms in total. The third-order valence-electron chi connectivity index (χ3n) is 3.89. The second-order valence-corrected chi connectivity index (χ2v) is 8.97. The number of imidazole rings is 1. The predicted octanol–water partition coefficient (Wildman–Crippen LogP) is 2.13. The number of nitrogens with two attached hydrogens (primary N) is 1. The Bertz CT molecular complexity index is 801. The molecule has 4 atom stereocenters. The number of anilines is 1. The maximum Gasteiger partial charge on any atom is 0.325 e. The highest BCUT2D eigenvalue weighted by Crippen LogP contribution is 2.48. The second-order valence-electron chi connectivity index (χ2n) is 6.22. The van der Waals surface area contributed by atoms with Crippen LogP contribution in [0.3, 0.4) is 0 Å². The first-order valence-corrected chi connectivity index (χ1v) is 10.6. The van der Waals surface area contributed by atoms with Crippen LogP contribution in [0.25, 0.3) is 11.2 Å². The van der Waals surface area contributed by atoms with E-state index < -0.39 is 12.8 Å². The van der Waals surface area contributed by atoms with Crippen molar-refractivity contribution in [3.8, 4) is 0 Å². The SMILES string of the molecule is CC(C)OP(O)(=S)OC(C)C1CC[C@H](n2cnc3c(N)ncnc32)O1. The van der Waals surface area contributed by atoms with Gasteiger partial charge in [0.25, 0.3) is 0 Å². The summed E-state index contributed by atoms with van der Waals surface area (Å²) in [6.07, 6.45) is 3.50. The van der Waals surface area contributed by atoms with Crippen LogP contribution < -0.4 is 5.73 Å². The molecule has 0 aliphatic carbocycles. The zero-order chi connectivity index (χ0) is 18.2. The van der Waals surface area contributed by atoms with Crippen molar-refractivity contribution >= 4 is 35.5 Å². The van der Waals surface area contributed by atoms with Crippen molar-refractivity contribution < 1.29 is 18.7 Å². The second kappa shape index (κ2) is 7.22. The molecular weight excluding hydrogens is 365 g/mol. The van der Waals surface area contributed by atoms with Crippen LogP contribution in [0, 0.1) is 0 Å². The lowest BCUT2D eigenvalue weighted by Crippen LogP contribution is -2.26. The maximum absolute atomic E-state index is 10.1. The van der Waals surface area contributed by atoms with E-state index in [0.29, 0.717) is 17.0 Å². The summed E-state index contributed by atoms with van der Waals surface area (Å²) in [5.74, 6) is 0.335. The molecule has 0 bridgehead atoms. The lowest BCUT2D eigenvalue weighted by atomic mass is 10.1. The lowest BCUT2D eigenvalue weighted by Gasteiger charge is -2.26. The summed E-state index contributed by atoms with van der Waals surface area (Å²) in [7, 11) is 0. The highest BCUT2D eigenvalue weighted by Gasteiger charge is 2.34. The average Bonchev–Trinajstić information content (AvgIpc) is 3.11. The lowest BCUT2D eigenvalue weighted by molar-refractivity contribution is -0.0488. The van der Waals surface area contributed by atoms with Gasteiger partial charge in [-0.2, -0.15) is 0 Å². The molecule has 1 saturated heterocycles. The Morgan fingerprint density at radius 1 is 1.32 bits per heavy atom. The quantitative estimate of drug-likeness (QED) is 0.719. The zero-order valence-electron chi connectivity index (χ0n) is 14.3. The van der Waals surface area contributed by atoms with E-state index in [4.69, 9.17) is 31.3 Å². The third kappa shape index (κ3) is 4.16. The Morgan fingerprint density at radius 2 is 2.08 bits per heavy atom. The van der Waals surface area contributed by atoms with E-state index in [9.17, 15) is 4.89 Å². The number of ether oxygens (including phenoxy) is 1. The standard InChI is InChI=1S/C14H22N5O4PS/c1-8(2)22-24(20,25)23-9(3)10-4-5-11(21-10)19-7-18-12-13(15)16-6-17-14(12)19/h6-11H,4-5H2,1-3H3,(H,20,25)(H2,15,16,17)/t9?,10?,11-,24?/m1/s1. The Kier molecular flexibility index (Phi) is 5.38. The fourth-order valence-electron chi connectivity index (χ4n) is 2.84. The molecule has 3 rings (SSSR count). The van der Waals surface area contributed by atoms with Crippen LogP contribution in [0.4, 0.5) is 5.82 Å². The summed E-state index contributed by atoms with van der Waals surface area (Å²) < 4.78 is 18.8. The normalized spacial score (nSPS) is 24.7. The van der Waals surface area contributed by atoms with E-state index in [2.05, 4.69) is 15.0 Å². The number of nitrogen functional groups attached to an aromatic ring is 1. The van der Waals surface area contributed by atoms with Crippen molar-refractivity contribution in [2.45, 2.75) is 58.2 Å². The molecule has 2 aromatic rings. The van der Waals surface area contributed by atoms with Gasteiger partial charge in [-0.15, -0.1) is 0 Å². The van der Waals surface area contributed by atoms with Gasteiger partial charge in [0.2, 0.25) is 0 Å². The smallest absolute Gasteiger partial charge is 0.325 e. The molecule has 25 heavy (non-hydrogen) atoms. The number of fused-ring (bicyclic) bond motifs is 1. The van der Waals surface area contributed by atoms with Crippen molar-refractivity contribution in [1.82, 2.24) is 19.5 Å². The first kappa shape index (κ1) is 18.6. The molecule has 138 valence electrons. The topological polar surface area (TPSA) is 118 Å². The Balaban J connectivity index is 1.69. The van der Waals surface area contributed by atoms with Crippen molar-refractivity contribution in [3.63, 3.8) is 0 Å². The molecule has 0 amide bonds.